The monoisotopic (exact) mass is 300 g/mol. The van der Waals surface area contributed by atoms with Crippen LogP contribution in [0.4, 0.5) is 4.39 Å². The molecule has 4 nitrogen and oxygen atoms in total. The van der Waals surface area contributed by atoms with Crippen molar-refractivity contribution in [2.24, 2.45) is 0 Å². The van der Waals surface area contributed by atoms with Gasteiger partial charge >= 0.3 is 7.12 Å². The molecule has 2 rings (SSSR count). The summed E-state index contributed by atoms with van der Waals surface area (Å²) in [6.07, 6.45) is 1.04. The summed E-state index contributed by atoms with van der Waals surface area (Å²) in [6.45, 7) is 7.49. The molecule has 1 aliphatic rings. The second kappa shape index (κ2) is 4.54. The van der Waals surface area contributed by atoms with Crippen molar-refractivity contribution >= 4 is 22.4 Å². The van der Waals surface area contributed by atoms with Crippen molar-refractivity contribution in [3.63, 3.8) is 0 Å². The van der Waals surface area contributed by atoms with Crippen molar-refractivity contribution in [1.29, 1.82) is 0 Å². The number of benzene rings is 1. The molecule has 0 saturated carbocycles. The van der Waals surface area contributed by atoms with Gasteiger partial charge in [-0.05, 0) is 39.8 Å². The third kappa shape index (κ3) is 2.62. The van der Waals surface area contributed by atoms with E-state index in [0.717, 1.165) is 12.3 Å². The normalized spacial score (nSPS) is 21.2. The van der Waals surface area contributed by atoms with Crippen LogP contribution in [0.3, 0.4) is 0 Å². The third-order valence-electron chi connectivity index (χ3n) is 3.88. The van der Waals surface area contributed by atoms with Crippen LogP contribution < -0.4 is 5.46 Å². The second-order valence-electron chi connectivity index (χ2n) is 6.04. The van der Waals surface area contributed by atoms with Crippen molar-refractivity contribution in [3.8, 4) is 0 Å². The SMILES string of the molecule is CC1(C)OB(c2ccc(F)cc2S(C)(=O)=O)OC1(C)C. The van der Waals surface area contributed by atoms with Crippen molar-refractivity contribution in [3.05, 3.63) is 24.0 Å². The summed E-state index contributed by atoms with van der Waals surface area (Å²) in [5.74, 6) is -0.606. The predicted molar refractivity (Wildman–Crippen MR) is 75.2 cm³/mol. The molecule has 0 spiro atoms. The maximum Gasteiger partial charge on any atom is 0.496 e. The van der Waals surface area contributed by atoms with Gasteiger partial charge < -0.3 is 9.31 Å². The molecule has 0 aliphatic carbocycles. The van der Waals surface area contributed by atoms with Crippen LogP contribution in [0.5, 0.6) is 0 Å². The van der Waals surface area contributed by atoms with E-state index in [9.17, 15) is 12.8 Å². The van der Waals surface area contributed by atoms with E-state index in [2.05, 4.69) is 0 Å². The van der Waals surface area contributed by atoms with E-state index in [1.807, 2.05) is 27.7 Å². The molecule has 0 unspecified atom stereocenters. The molecule has 0 N–H and O–H groups in total. The summed E-state index contributed by atoms with van der Waals surface area (Å²) in [5.41, 5.74) is -0.839. The van der Waals surface area contributed by atoms with E-state index in [4.69, 9.17) is 9.31 Å². The summed E-state index contributed by atoms with van der Waals surface area (Å²) in [4.78, 5) is -0.101. The fourth-order valence-corrected chi connectivity index (χ4v) is 2.91. The van der Waals surface area contributed by atoms with Crippen molar-refractivity contribution in [1.82, 2.24) is 0 Å². The molecular weight excluding hydrogens is 282 g/mol. The second-order valence-corrected chi connectivity index (χ2v) is 8.03. The first-order valence-corrected chi connectivity index (χ1v) is 8.18. The lowest BCUT2D eigenvalue weighted by Gasteiger charge is -2.32. The van der Waals surface area contributed by atoms with Gasteiger partial charge in [-0.1, -0.05) is 6.07 Å². The molecule has 0 radical (unpaired) electrons. The van der Waals surface area contributed by atoms with Gasteiger partial charge in [0.2, 0.25) is 0 Å². The Kier molecular flexibility index (Phi) is 3.52. The minimum Gasteiger partial charge on any atom is -0.399 e. The molecule has 1 aromatic rings. The fourth-order valence-electron chi connectivity index (χ4n) is 1.99. The minimum absolute atomic E-state index is 0.101. The molecule has 0 atom stereocenters. The van der Waals surface area contributed by atoms with Crippen molar-refractivity contribution < 1.29 is 22.1 Å². The van der Waals surface area contributed by atoms with E-state index in [-0.39, 0.29) is 4.90 Å². The highest BCUT2D eigenvalue weighted by Gasteiger charge is 2.52. The molecule has 7 heteroatoms. The quantitative estimate of drug-likeness (QED) is 0.777. The molecule has 0 amide bonds. The molecule has 1 aliphatic heterocycles. The van der Waals surface area contributed by atoms with Gasteiger partial charge in [-0.15, -0.1) is 0 Å². The van der Waals surface area contributed by atoms with Crippen LogP contribution in [0.25, 0.3) is 0 Å². The summed E-state index contributed by atoms with van der Waals surface area (Å²) in [7, 11) is -4.40. The lowest BCUT2D eigenvalue weighted by Crippen LogP contribution is -2.41. The Labute approximate surface area is 119 Å². The van der Waals surface area contributed by atoms with E-state index < -0.39 is 34.0 Å². The maximum atomic E-state index is 13.3. The van der Waals surface area contributed by atoms with Gasteiger partial charge in [0.25, 0.3) is 0 Å². The number of halogens is 1. The first-order valence-electron chi connectivity index (χ1n) is 6.29. The fraction of sp³-hybridized carbons (Fsp3) is 0.538. The maximum absolute atomic E-state index is 13.3. The molecular formula is C13H18BFO4S. The van der Waals surface area contributed by atoms with Gasteiger partial charge in [-0.3, -0.25) is 0 Å². The summed E-state index contributed by atoms with van der Waals surface area (Å²) >= 11 is 0. The smallest absolute Gasteiger partial charge is 0.399 e. The van der Waals surface area contributed by atoms with Crippen molar-refractivity contribution in [2.45, 2.75) is 43.8 Å². The summed E-state index contributed by atoms with van der Waals surface area (Å²) in [6, 6.07) is 3.60. The molecule has 1 fully saturated rings. The molecule has 20 heavy (non-hydrogen) atoms. The summed E-state index contributed by atoms with van der Waals surface area (Å²) < 4.78 is 48.6. The Morgan fingerprint density at radius 2 is 1.60 bits per heavy atom. The zero-order chi connectivity index (χ0) is 15.3. The van der Waals surface area contributed by atoms with E-state index in [1.165, 1.54) is 12.1 Å². The Balaban J connectivity index is 2.51. The topological polar surface area (TPSA) is 52.6 Å². The highest BCUT2D eigenvalue weighted by Crippen LogP contribution is 2.36. The van der Waals surface area contributed by atoms with E-state index in [1.54, 1.807) is 0 Å². The number of sulfone groups is 1. The number of hydrogen-bond donors (Lipinski definition) is 0. The highest BCUT2D eigenvalue weighted by molar-refractivity contribution is 7.91. The molecule has 1 saturated heterocycles. The minimum atomic E-state index is -3.57. The van der Waals surface area contributed by atoms with Gasteiger partial charge in [0.1, 0.15) is 5.82 Å². The Morgan fingerprint density at radius 3 is 2.05 bits per heavy atom. The van der Waals surface area contributed by atoms with Crippen molar-refractivity contribution in [2.75, 3.05) is 6.26 Å². The number of hydrogen-bond acceptors (Lipinski definition) is 4. The van der Waals surface area contributed by atoms with Gasteiger partial charge in [0.05, 0.1) is 16.1 Å². The van der Waals surface area contributed by atoms with Crippen LogP contribution in [-0.4, -0.2) is 33.0 Å². The lowest BCUT2D eigenvalue weighted by molar-refractivity contribution is 0.00578. The van der Waals surface area contributed by atoms with E-state index >= 15 is 0 Å². The molecule has 1 aromatic carbocycles. The van der Waals surface area contributed by atoms with E-state index in [0.29, 0.717) is 5.46 Å². The Bertz CT molecular complexity index is 624. The Hall–Kier alpha value is -0.915. The molecule has 110 valence electrons. The van der Waals surface area contributed by atoms with Crippen LogP contribution in [0, 0.1) is 5.82 Å². The van der Waals surface area contributed by atoms with Crippen LogP contribution in [-0.2, 0) is 19.1 Å². The average molecular weight is 300 g/mol. The third-order valence-corrected chi connectivity index (χ3v) is 5.03. The Morgan fingerprint density at radius 1 is 1.10 bits per heavy atom. The predicted octanol–water partition coefficient (Wildman–Crippen LogP) is 1.53. The molecule has 1 heterocycles. The first-order chi connectivity index (χ1) is 8.94. The first kappa shape index (κ1) is 15.5. The standard InChI is InChI=1S/C13H18BFO4S/c1-12(2)13(3,4)19-14(18-12)10-7-6-9(15)8-11(10)20(5,16)17/h6-8H,1-5H3. The largest absolute Gasteiger partial charge is 0.496 e. The zero-order valence-corrected chi connectivity index (χ0v) is 13.0. The van der Waals surface area contributed by atoms with Gasteiger partial charge in [0.15, 0.2) is 9.84 Å². The van der Waals surface area contributed by atoms with Crippen LogP contribution in [0.2, 0.25) is 0 Å². The summed E-state index contributed by atoms with van der Waals surface area (Å²) in [5, 5.41) is 0. The molecule has 0 aromatic heterocycles. The van der Waals surface area contributed by atoms with Gasteiger partial charge in [0, 0.05) is 11.7 Å². The number of rotatable bonds is 2. The lowest BCUT2D eigenvalue weighted by atomic mass is 9.79. The van der Waals surface area contributed by atoms with Crippen LogP contribution >= 0.6 is 0 Å². The average Bonchev–Trinajstić information content (AvgIpc) is 2.46. The van der Waals surface area contributed by atoms with Gasteiger partial charge in [-0.2, -0.15) is 0 Å². The van der Waals surface area contributed by atoms with Gasteiger partial charge in [-0.25, -0.2) is 12.8 Å². The van der Waals surface area contributed by atoms with Crippen LogP contribution in [0.1, 0.15) is 27.7 Å². The van der Waals surface area contributed by atoms with Crippen LogP contribution in [0.15, 0.2) is 23.1 Å². The molecule has 0 bridgehead atoms. The zero-order valence-electron chi connectivity index (χ0n) is 12.2. The highest BCUT2D eigenvalue weighted by atomic mass is 32.2.